The quantitative estimate of drug-likeness (QED) is 0.393. The number of hydrogen-bond acceptors (Lipinski definition) is 7. The second kappa shape index (κ2) is 9.91. The molecule has 0 aromatic carbocycles. The average molecular weight is 411 g/mol. The largest absolute Gasteiger partial charge is 0.388 e. The molecule has 26 heavy (non-hydrogen) atoms. The number of thioether (sulfide) groups is 1. The van der Waals surface area contributed by atoms with Crippen LogP contribution in [-0.4, -0.2) is 81.3 Å². The molecule has 1 amide bonds. The van der Waals surface area contributed by atoms with Crippen molar-refractivity contribution in [2.75, 3.05) is 12.8 Å². The van der Waals surface area contributed by atoms with Crippen molar-refractivity contribution in [1.29, 1.82) is 0 Å². The van der Waals surface area contributed by atoms with E-state index >= 15 is 0 Å². The highest BCUT2D eigenvalue weighted by atomic mass is 35.5. The first-order valence-electron chi connectivity index (χ1n) is 9.20. The zero-order chi connectivity index (χ0) is 19.4. The lowest BCUT2D eigenvalue weighted by molar-refractivity contribution is -0.205. The van der Waals surface area contributed by atoms with Gasteiger partial charge in [0, 0.05) is 0 Å². The van der Waals surface area contributed by atoms with E-state index < -0.39 is 41.3 Å². The number of halogens is 1. The molecule has 0 radical (unpaired) electrons. The Morgan fingerprint density at radius 1 is 1.35 bits per heavy atom. The maximum atomic E-state index is 12.7. The number of carbonyl (C=O) groups excluding carboxylic acids is 1. The van der Waals surface area contributed by atoms with Crippen molar-refractivity contribution in [2.24, 2.45) is 5.92 Å². The van der Waals surface area contributed by atoms with Gasteiger partial charge in [-0.05, 0) is 38.5 Å². The fourth-order valence-corrected chi connectivity index (χ4v) is 4.54. The van der Waals surface area contributed by atoms with Crippen LogP contribution in [0.15, 0.2) is 0 Å². The van der Waals surface area contributed by atoms with Gasteiger partial charge in [-0.15, -0.1) is 23.4 Å². The van der Waals surface area contributed by atoms with E-state index in [1.165, 1.54) is 11.8 Å². The Kier molecular flexibility index (Phi) is 8.46. The predicted molar refractivity (Wildman–Crippen MR) is 102 cm³/mol. The predicted octanol–water partition coefficient (Wildman–Crippen LogP) is 0.0473. The van der Waals surface area contributed by atoms with E-state index in [1.54, 1.807) is 13.2 Å². The molecule has 2 fully saturated rings. The van der Waals surface area contributed by atoms with Crippen molar-refractivity contribution in [3.05, 3.63) is 0 Å². The summed E-state index contributed by atoms with van der Waals surface area (Å²) in [5.74, 6) is 0.325. The van der Waals surface area contributed by atoms with Gasteiger partial charge >= 0.3 is 0 Å². The number of ether oxygens (including phenoxy) is 1. The molecule has 2 aliphatic rings. The standard InChI is InChI=1S/C17H31ClN2O5S/c1-4-9-5-6-19-10(7-9)16(24)20-11(8(2)18)15-13(22)12(21)14(23)17(25-15)26-3/h8-15,17,19,21-23H,4-7H2,1-3H3,(H,20,24)/t8?,9-,10+,11?,12+,13+,14-,15-,17-/m1/s1. The van der Waals surface area contributed by atoms with Crippen LogP contribution in [0.3, 0.4) is 0 Å². The first-order valence-corrected chi connectivity index (χ1v) is 10.9. The fourth-order valence-electron chi connectivity index (χ4n) is 3.66. The highest BCUT2D eigenvalue weighted by molar-refractivity contribution is 7.99. The molecule has 0 aromatic heterocycles. The second-order valence-electron chi connectivity index (χ2n) is 7.19. The summed E-state index contributed by atoms with van der Waals surface area (Å²) < 4.78 is 5.77. The Labute approximate surface area is 164 Å². The fraction of sp³-hybridized carbons (Fsp3) is 0.941. The molecular formula is C17H31ClN2O5S. The minimum atomic E-state index is -1.36. The summed E-state index contributed by atoms with van der Waals surface area (Å²) in [5.41, 5.74) is -0.703. The van der Waals surface area contributed by atoms with Crippen LogP contribution in [0.1, 0.15) is 33.1 Å². The topological polar surface area (TPSA) is 111 Å². The molecule has 2 rings (SSSR count). The molecule has 0 aromatic rings. The lowest BCUT2D eigenvalue weighted by Gasteiger charge is -2.44. The third-order valence-electron chi connectivity index (χ3n) is 5.40. The molecule has 2 saturated heterocycles. The van der Waals surface area contributed by atoms with Gasteiger partial charge in [-0.1, -0.05) is 13.3 Å². The number of amides is 1. The first kappa shape index (κ1) is 22.2. The van der Waals surface area contributed by atoms with Gasteiger partial charge in [0.05, 0.1) is 17.5 Å². The highest BCUT2D eigenvalue weighted by Crippen LogP contribution is 2.30. The molecule has 2 aliphatic heterocycles. The number of aliphatic hydroxyl groups excluding tert-OH is 3. The van der Waals surface area contributed by atoms with Crippen LogP contribution < -0.4 is 10.6 Å². The van der Waals surface area contributed by atoms with E-state index in [0.29, 0.717) is 5.92 Å². The van der Waals surface area contributed by atoms with Crippen LogP contribution in [0.4, 0.5) is 0 Å². The molecule has 0 bridgehead atoms. The van der Waals surface area contributed by atoms with Crippen molar-refractivity contribution in [1.82, 2.24) is 10.6 Å². The lowest BCUT2D eigenvalue weighted by Crippen LogP contribution is -2.65. The van der Waals surface area contributed by atoms with Crippen LogP contribution in [0.25, 0.3) is 0 Å². The van der Waals surface area contributed by atoms with E-state index in [2.05, 4.69) is 17.6 Å². The maximum Gasteiger partial charge on any atom is 0.237 e. The van der Waals surface area contributed by atoms with Crippen molar-refractivity contribution < 1.29 is 24.9 Å². The zero-order valence-electron chi connectivity index (χ0n) is 15.5. The van der Waals surface area contributed by atoms with Gasteiger partial charge in [0.1, 0.15) is 29.9 Å². The van der Waals surface area contributed by atoms with Crippen LogP contribution >= 0.6 is 23.4 Å². The Morgan fingerprint density at radius 2 is 2.04 bits per heavy atom. The van der Waals surface area contributed by atoms with E-state index in [-0.39, 0.29) is 11.9 Å². The molecule has 2 unspecified atom stereocenters. The van der Waals surface area contributed by atoms with E-state index in [4.69, 9.17) is 16.3 Å². The molecule has 7 nitrogen and oxygen atoms in total. The molecule has 0 spiro atoms. The number of rotatable bonds is 6. The monoisotopic (exact) mass is 410 g/mol. The molecular weight excluding hydrogens is 380 g/mol. The van der Waals surface area contributed by atoms with Crippen molar-refractivity contribution in [2.45, 2.75) is 80.4 Å². The first-order chi connectivity index (χ1) is 12.3. The SMILES string of the molecule is CC[C@@H]1CCN[C@H](C(=O)NC(C(C)Cl)[C@H]2O[C@H](SC)[C@H](O)[C@@H](O)[C@@H]2O)C1. The average Bonchev–Trinajstić information content (AvgIpc) is 2.64. The normalized spacial score (nSPS) is 40.7. The summed E-state index contributed by atoms with van der Waals surface area (Å²) in [6.07, 6.45) is -0.236. The van der Waals surface area contributed by atoms with Crippen LogP contribution in [0.5, 0.6) is 0 Å². The van der Waals surface area contributed by atoms with E-state index in [9.17, 15) is 20.1 Å². The van der Waals surface area contributed by atoms with Gasteiger partial charge in [0.2, 0.25) is 5.91 Å². The molecule has 5 N–H and O–H groups in total. The molecule has 152 valence electrons. The Hall–Kier alpha value is -0.0900. The van der Waals surface area contributed by atoms with Crippen molar-refractivity contribution >= 4 is 29.3 Å². The third-order valence-corrected chi connectivity index (χ3v) is 6.53. The van der Waals surface area contributed by atoms with Gasteiger partial charge < -0.3 is 30.7 Å². The number of piperidine rings is 1. The summed E-state index contributed by atoms with van der Waals surface area (Å²) in [6.45, 7) is 4.62. The zero-order valence-corrected chi connectivity index (χ0v) is 17.0. The summed E-state index contributed by atoms with van der Waals surface area (Å²) >= 11 is 7.51. The maximum absolute atomic E-state index is 12.7. The Morgan fingerprint density at radius 3 is 2.62 bits per heavy atom. The van der Waals surface area contributed by atoms with Crippen LogP contribution in [0, 0.1) is 5.92 Å². The summed E-state index contributed by atoms with van der Waals surface area (Å²) in [7, 11) is 0. The van der Waals surface area contributed by atoms with Crippen molar-refractivity contribution in [3.8, 4) is 0 Å². The van der Waals surface area contributed by atoms with Gasteiger partial charge in [-0.25, -0.2) is 0 Å². The Balaban J connectivity index is 2.09. The van der Waals surface area contributed by atoms with Gasteiger partial charge in [0.15, 0.2) is 0 Å². The molecule has 0 aliphatic carbocycles. The molecule has 9 heteroatoms. The van der Waals surface area contributed by atoms with Crippen molar-refractivity contribution in [3.63, 3.8) is 0 Å². The van der Waals surface area contributed by atoms with Crippen LogP contribution in [-0.2, 0) is 9.53 Å². The summed E-state index contributed by atoms with van der Waals surface area (Å²) in [5, 5.41) is 36.1. The number of aliphatic hydroxyl groups is 3. The lowest BCUT2D eigenvalue weighted by atomic mass is 9.89. The molecule has 0 saturated carbocycles. The number of hydrogen-bond donors (Lipinski definition) is 5. The smallest absolute Gasteiger partial charge is 0.237 e. The molecule has 2 heterocycles. The van der Waals surface area contributed by atoms with E-state index in [0.717, 1.165) is 25.8 Å². The van der Waals surface area contributed by atoms with Gasteiger partial charge in [0.25, 0.3) is 0 Å². The number of alkyl halides is 1. The van der Waals surface area contributed by atoms with Gasteiger partial charge in [-0.3, -0.25) is 4.79 Å². The highest BCUT2D eigenvalue weighted by Gasteiger charge is 2.48. The number of carbonyl (C=O) groups is 1. The summed E-state index contributed by atoms with van der Waals surface area (Å²) in [4.78, 5) is 12.7. The van der Waals surface area contributed by atoms with Gasteiger partial charge in [-0.2, -0.15) is 0 Å². The minimum absolute atomic E-state index is 0.183. The Bertz CT molecular complexity index is 470. The summed E-state index contributed by atoms with van der Waals surface area (Å²) in [6, 6.07) is -1.00. The third kappa shape index (κ3) is 5.04. The second-order valence-corrected chi connectivity index (χ2v) is 8.82. The van der Waals surface area contributed by atoms with E-state index in [1.807, 2.05) is 0 Å². The minimum Gasteiger partial charge on any atom is -0.388 e. The number of nitrogens with one attached hydrogen (secondary N) is 2. The van der Waals surface area contributed by atoms with Crippen LogP contribution in [0.2, 0.25) is 0 Å². The molecule has 9 atom stereocenters.